The Labute approximate surface area is 172 Å². The number of hydrogen-bond acceptors (Lipinski definition) is 7. The molecule has 3 rings (SSSR count). The normalized spacial score (nSPS) is 11.6. The number of para-hydroxylation sites is 1. The van der Waals surface area contributed by atoms with Gasteiger partial charge in [0.05, 0.1) is 18.9 Å². The maximum Gasteiger partial charge on any atom is 0.257 e. The third-order valence-electron chi connectivity index (χ3n) is 3.93. The van der Waals surface area contributed by atoms with Crippen molar-refractivity contribution in [1.29, 1.82) is 0 Å². The second-order valence-electron chi connectivity index (χ2n) is 6.42. The summed E-state index contributed by atoms with van der Waals surface area (Å²) in [6.45, 7) is 3.42. The molecule has 2 N–H and O–H groups in total. The van der Waals surface area contributed by atoms with Gasteiger partial charge in [0.25, 0.3) is 5.91 Å². The van der Waals surface area contributed by atoms with E-state index >= 15 is 0 Å². The smallest absolute Gasteiger partial charge is 0.257 e. The van der Waals surface area contributed by atoms with Crippen molar-refractivity contribution in [2.45, 2.75) is 24.8 Å². The van der Waals surface area contributed by atoms with Crippen LogP contribution in [-0.4, -0.2) is 39.6 Å². The van der Waals surface area contributed by atoms with Crippen LogP contribution in [0.25, 0.3) is 10.2 Å². The van der Waals surface area contributed by atoms with Crippen LogP contribution < -0.4 is 19.5 Å². The van der Waals surface area contributed by atoms with Crippen LogP contribution in [0, 0.1) is 0 Å². The number of benzene rings is 2. The van der Waals surface area contributed by atoms with Gasteiger partial charge < -0.3 is 9.47 Å². The predicted molar refractivity (Wildman–Crippen MR) is 113 cm³/mol. The Balaban J connectivity index is 1.93. The number of thiazole rings is 1. The van der Waals surface area contributed by atoms with E-state index in [4.69, 9.17) is 9.47 Å². The van der Waals surface area contributed by atoms with Crippen LogP contribution in [0.1, 0.15) is 24.2 Å². The van der Waals surface area contributed by atoms with Gasteiger partial charge in [-0.05, 0) is 44.2 Å². The molecular formula is C19H21N3O5S2. The zero-order valence-corrected chi connectivity index (χ0v) is 18.0. The molecule has 0 aliphatic heterocycles. The second kappa shape index (κ2) is 8.36. The molecule has 0 saturated heterocycles. The average molecular weight is 436 g/mol. The molecule has 0 radical (unpaired) electrons. The minimum absolute atomic E-state index is 0.104. The van der Waals surface area contributed by atoms with Crippen LogP contribution in [-0.2, 0) is 10.0 Å². The highest BCUT2D eigenvalue weighted by Gasteiger charge is 2.23. The molecule has 0 bridgehead atoms. The fourth-order valence-electron chi connectivity index (χ4n) is 2.71. The minimum Gasteiger partial charge on any atom is -0.495 e. The predicted octanol–water partition coefficient (Wildman–Crippen LogP) is 3.25. The number of hydrogen-bond donors (Lipinski definition) is 2. The van der Waals surface area contributed by atoms with Gasteiger partial charge in [0.15, 0.2) is 5.13 Å². The topological polar surface area (TPSA) is 107 Å². The molecule has 0 aliphatic carbocycles. The quantitative estimate of drug-likeness (QED) is 0.590. The average Bonchev–Trinajstić information content (AvgIpc) is 3.08. The largest absolute Gasteiger partial charge is 0.495 e. The van der Waals surface area contributed by atoms with Gasteiger partial charge in [-0.3, -0.25) is 10.1 Å². The zero-order chi connectivity index (χ0) is 21.2. The summed E-state index contributed by atoms with van der Waals surface area (Å²) in [5.74, 6) is 0.280. The van der Waals surface area contributed by atoms with Crippen LogP contribution in [0.3, 0.4) is 0 Å². The summed E-state index contributed by atoms with van der Waals surface area (Å²) in [7, 11) is -0.920. The van der Waals surface area contributed by atoms with Gasteiger partial charge in [-0.2, -0.15) is 0 Å². The molecule has 29 heavy (non-hydrogen) atoms. The highest BCUT2D eigenvalue weighted by molar-refractivity contribution is 7.89. The zero-order valence-electron chi connectivity index (χ0n) is 16.3. The second-order valence-corrected chi connectivity index (χ2v) is 9.13. The lowest BCUT2D eigenvalue weighted by atomic mass is 10.2. The number of anilines is 1. The number of nitrogens with one attached hydrogen (secondary N) is 2. The third kappa shape index (κ3) is 4.50. The van der Waals surface area contributed by atoms with Crippen LogP contribution in [0.5, 0.6) is 11.5 Å². The Kier molecular flexibility index (Phi) is 6.06. The van der Waals surface area contributed by atoms with Crippen molar-refractivity contribution in [3.63, 3.8) is 0 Å². The van der Waals surface area contributed by atoms with E-state index in [-0.39, 0.29) is 22.3 Å². The van der Waals surface area contributed by atoms with E-state index in [2.05, 4.69) is 15.0 Å². The molecule has 0 aliphatic rings. The first kappa shape index (κ1) is 21.0. The monoisotopic (exact) mass is 435 g/mol. The lowest BCUT2D eigenvalue weighted by Crippen LogP contribution is -2.30. The summed E-state index contributed by atoms with van der Waals surface area (Å²) in [6.07, 6.45) is 0. The highest BCUT2D eigenvalue weighted by atomic mass is 32.2. The molecular weight excluding hydrogens is 414 g/mol. The number of nitrogens with zero attached hydrogens (tertiary/aromatic N) is 1. The van der Waals surface area contributed by atoms with Gasteiger partial charge in [0.1, 0.15) is 21.9 Å². The van der Waals surface area contributed by atoms with Gasteiger partial charge in [0, 0.05) is 11.6 Å². The molecule has 154 valence electrons. The molecule has 1 amide bonds. The molecule has 1 aromatic heterocycles. The van der Waals surface area contributed by atoms with Crippen molar-refractivity contribution in [2.24, 2.45) is 0 Å². The summed E-state index contributed by atoms with van der Waals surface area (Å²) in [4.78, 5) is 17.0. The maximum absolute atomic E-state index is 12.7. The number of sulfonamides is 1. The van der Waals surface area contributed by atoms with Crippen LogP contribution >= 0.6 is 11.3 Å². The van der Waals surface area contributed by atoms with Crippen LogP contribution in [0.15, 0.2) is 41.3 Å². The standard InChI is InChI=1S/C19H21N3O5S2/c1-11(2)22-29(24,25)16-10-12(8-9-13(16)26-3)18(23)21-19-20-17-14(27-4)6-5-7-15(17)28-19/h5-11,22H,1-4H3,(H,20,21,23). The van der Waals surface area contributed by atoms with Gasteiger partial charge in [-0.25, -0.2) is 18.1 Å². The fourth-order valence-corrected chi connectivity index (χ4v) is 5.04. The first-order valence-electron chi connectivity index (χ1n) is 8.70. The molecule has 1 heterocycles. The van der Waals surface area contributed by atoms with Crippen LogP contribution in [0.2, 0.25) is 0 Å². The van der Waals surface area contributed by atoms with E-state index in [1.54, 1.807) is 27.0 Å². The number of aromatic nitrogens is 1. The van der Waals surface area contributed by atoms with Crippen molar-refractivity contribution in [3.8, 4) is 11.5 Å². The highest BCUT2D eigenvalue weighted by Crippen LogP contribution is 2.32. The van der Waals surface area contributed by atoms with Crippen molar-refractivity contribution >= 4 is 42.6 Å². The minimum atomic E-state index is -3.85. The molecule has 0 spiro atoms. The van der Waals surface area contributed by atoms with E-state index < -0.39 is 15.9 Å². The van der Waals surface area contributed by atoms with Gasteiger partial charge in [-0.1, -0.05) is 17.4 Å². The van der Waals surface area contributed by atoms with Crippen LogP contribution in [0.4, 0.5) is 5.13 Å². The molecule has 0 fully saturated rings. The Hall–Kier alpha value is -2.69. The molecule has 0 unspecified atom stereocenters. The molecule has 2 aromatic carbocycles. The number of amides is 1. The van der Waals surface area contributed by atoms with E-state index in [9.17, 15) is 13.2 Å². The first-order valence-corrected chi connectivity index (χ1v) is 11.0. The van der Waals surface area contributed by atoms with E-state index in [1.807, 2.05) is 12.1 Å². The number of carbonyl (C=O) groups is 1. The van der Waals surface area contributed by atoms with Gasteiger partial charge in [-0.15, -0.1) is 0 Å². The SMILES string of the molecule is COc1ccc(C(=O)Nc2nc3c(OC)cccc3s2)cc1S(=O)(=O)NC(C)C. The van der Waals surface area contributed by atoms with Crippen molar-refractivity contribution in [1.82, 2.24) is 9.71 Å². The lowest BCUT2D eigenvalue weighted by molar-refractivity contribution is 0.102. The summed E-state index contributed by atoms with van der Waals surface area (Å²) in [6, 6.07) is 9.43. The number of rotatable bonds is 7. The Morgan fingerprint density at radius 1 is 1.10 bits per heavy atom. The van der Waals surface area contributed by atoms with Gasteiger partial charge >= 0.3 is 0 Å². The van der Waals surface area contributed by atoms with Crippen molar-refractivity contribution in [2.75, 3.05) is 19.5 Å². The number of fused-ring (bicyclic) bond motifs is 1. The summed E-state index contributed by atoms with van der Waals surface area (Å²) >= 11 is 1.30. The summed E-state index contributed by atoms with van der Waals surface area (Å²) < 4.78 is 39.0. The van der Waals surface area contributed by atoms with Gasteiger partial charge in [0.2, 0.25) is 10.0 Å². The van der Waals surface area contributed by atoms with E-state index in [0.717, 1.165) is 4.70 Å². The summed E-state index contributed by atoms with van der Waals surface area (Å²) in [5, 5.41) is 3.10. The molecule has 8 nitrogen and oxygen atoms in total. The lowest BCUT2D eigenvalue weighted by Gasteiger charge is -2.14. The van der Waals surface area contributed by atoms with E-state index in [0.29, 0.717) is 16.4 Å². The summed E-state index contributed by atoms with van der Waals surface area (Å²) in [5.41, 5.74) is 0.815. The Morgan fingerprint density at radius 3 is 2.48 bits per heavy atom. The molecule has 0 saturated carbocycles. The molecule has 10 heteroatoms. The number of ether oxygens (including phenoxy) is 2. The van der Waals surface area contributed by atoms with E-state index in [1.165, 1.54) is 36.6 Å². The molecule has 0 atom stereocenters. The fraction of sp³-hybridized carbons (Fsp3) is 0.263. The van der Waals surface area contributed by atoms with Crippen molar-refractivity contribution in [3.05, 3.63) is 42.0 Å². The molecule has 3 aromatic rings. The van der Waals surface area contributed by atoms with Crippen molar-refractivity contribution < 1.29 is 22.7 Å². The Bertz CT molecular complexity index is 1160. The third-order valence-corrected chi connectivity index (χ3v) is 6.54. The first-order chi connectivity index (χ1) is 13.7. The number of carbonyl (C=O) groups excluding carboxylic acids is 1. The number of methoxy groups -OCH3 is 2. The maximum atomic E-state index is 12.7. The Morgan fingerprint density at radius 2 is 1.83 bits per heavy atom.